The summed E-state index contributed by atoms with van der Waals surface area (Å²) in [5.41, 5.74) is 12.2. The molecule has 0 amide bonds. The van der Waals surface area contributed by atoms with E-state index in [4.69, 9.17) is 15.0 Å². The van der Waals surface area contributed by atoms with Crippen LogP contribution in [0.2, 0.25) is 0 Å². The monoisotopic (exact) mass is 725 g/mol. The molecule has 0 aliphatic heterocycles. The number of nitrogens with zero attached hydrogens (tertiary/aromatic N) is 5. The molecule has 0 aliphatic rings. The number of aromatic nitrogens is 5. The van der Waals surface area contributed by atoms with Crippen LogP contribution in [0.15, 0.2) is 188 Å². The van der Waals surface area contributed by atoms with Gasteiger partial charge in [0.15, 0.2) is 0 Å². The first-order chi connectivity index (χ1) is 28.2. The van der Waals surface area contributed by atoms with E-state index < -0.39 is 0 Å². The fourth-order valence-electron chi connectivity index (χ4n) is 8.56. The zero-order valence-electron chi connectivity index (χ0n) is 30.6. The van der Waals surface area contributed by atoms with E-state index in [2.05, 4.69) is 180 Å². The molecule has 0 unspecified atom stereocenters. The van der Waals surface area contributed by atoms with Gasteiger partial charge < -0.3 is 4.40 Å². The molecule has 0 atom stereocenters. The maximum Gasteiger partial charge on any atom is 0.146 e. The van der Waals surface area contributed by atoms with E-state index in [0.717, 1.165) is 88.5 Å². The summed E-state index contributed by atoms with van der Waals surface area (Å²) in [5.74, 6) is 0. The predicted molar refractivity (Wildman–Crippen MR) is 235 cm³/mol. The molecule has 0 saturated heterocycles. The molecular formula is C52H31N5. The zero-order valence-corrected chi connectivity index (χ0v) is 30.6. The van der Waals surface area contributed by atoms with Gasteiger partial charge in [0.1, 0.15) is 5.65 Å². The van der Waals surface area contributed by atoms with E-state index in [-0.39, 0.29) is 0 Å². The first-order valence-electron chi connectivity index (χ1n) is 19.2. The van der Waals surface area contributed by atoms with Crippen molar-refractivity contribution in [3.05, 3.63) is 188 Å². The second-order valence-corrected chi connectivity index (χ2v) is 14.7. The van der Waals surface area contributed by atoms with Crippen molar-refractivity contribution in [3.63, 3.8) is 0 Å². The SMILES string of the molecule is c1ccc(-c2cn3ccc4c(-c5ccc(-c6ccc7c(ccc8cc(-c9ccc%10ccc%11cccnc%11c%10n9)ccc87)c6)cc5)nc5ccccc5c4c3n2)cc1. The molecule has 5 heteroatoms. The molecule has 0 N–H and O–H groups in total. The third-order valence-corrected chi connectivity index (χ3v) is 11.4. The Labute approximate surface area is 327 Å². The number of hydrogen-bond acceptors (Lipinski definition) is 4. The van der Waals surface area contributed by atoms with Crippen LogP contribution in [0, 0.1) is 0 Å². The standard InChI is InChI=1S/C52H31N5/c1-2-7-33(8-3-1)47-31-57-28-26-44-48(52(57)56-47)43-10-4-5-11-46(43)55-49(44)35-14-12-32(13-15-35)37-20-23-41-38(29-37)18-19-39-30-40(21-24-42(39)41)45-25-22-36-17-16-34-9-6-27-53-50(34)51(36)54-45/h1-31H. The lowest BCUT2D eigenvalue weighted by molar-refractivity contribution is 1.20. The molecule has 0 aliphatic carbocycles. The van der Waals surface area contributed by atoms with Gasteiger partial charge in [-0.3, -0.25) is 4.98 Å². The van der Waals surface area contributed by atoms with Crippen LogP contribution < -0.4 is 0 Å². The fraction of sp³-hybridized carbons (Fsp3) is 0. The second kappa shape index (κ2) is 12.4. The molecule has 264 valence electrons. The molecule has 12 rings (SSSR count). The Morgan fingerprint density at radius 1 is 0.386 bits per heavy atom. The summed E-state index contributed by atoms with van der Waals surface area (Å²) in [7, 11) is 0. The predicted octanol–water partition coefficient (Wildman–Crippen LogP) is 13.1. The van der Waals surface area contributed by atoms with E-state index in [1.165, 1.54) is 27.1 Å². The number of imidazole rings is 1. The lowest BCUT2D eigenvalue weighted by atomic mass is 9.95. The molecule has 0 spiro atoms. The normalized spacial score (nSPS) is 11.9. The molecule has 5 nitrogen and oxygen atoms in total. The Balaban J connectivity index is 0.901. The van der Waals surface area contributed by atoms with Gasteiger partial charge in [0.25, 0.3) is 0 Å². The van der Waals surface area contributed by atoms with Gasteiger partial charge in [0, 0.05) is 62.2 Å². The third kappa shape index (κ3) is 5.10. The van der Waals surface area contributed by atoms with Crippen molar-refractivity contribution in [1.82, 2.24) is 24.3 Å². The minimum Gasteiger partial charge on any atom is -0.306 e. The van der Waals surface area contributed by atoms with Crippen molar-refractivity contribution in [3.8, 4) is 44.9 Å². The van der Waals surface area contributed by atoms with Crippen LogP contribution in [0.4, 0.5) is 0 Å². The summed E-state index contributed by atoms with van der Waals surface area (Å²) in [4.78, 5) is 20.1. The Bertz CT molecular complexity index is 3570. The van der Waals surface area contributed by atoms with Gasteiger partial charge in [0.2, 0.25) is 0 Å². The van der Waals surface area contributed by atoms with Gasteiger partial charge in [-0.25, -0.2) is 15.0 Å². The van der Waals surface area contributed by atoms with Crippen LogP contribution >= 0.6 is 0 Å². The maximum absolute atomic E-state index is 5.22. The number of hydrogen-bond donors (Lipinski definition) is 0. The molecule has 12 aromatic rings. The lowest BCUT2D eigenvalue weighted by Gasteiger charge is -2.12. The first kappa shape index (κ1) is 31.6. The number of fused-ring (bicyclic) bond motifs is 11. The Hall–Kier alpha value is -7.76. The minimum absolute atomic E-state index is 0.930. The summed E-state index contributed by atoms with van der Waals surface area (Å²) in [5, 5.41) is 10.3. The van der Waals surface area contributed by atoms with Gasteiger partial charge >= 0.3 is 0 Å². The van der Waals surface area contributed by atoms with Crippen LogP contribution in [0.5, 0.6) is 0 Å². The van der Waals surface area contributed by atoms with Crippen molar-refractivity contribution >= 4 is 70.7 Å². The molecule has 0 radical (unpaired) electrons. The minimum atomic E-state index is 0.930. The molecule has 57 heavy (non-hydrogen) atoms. The smallest absolute Gasteiger partial charge is 0.146 e. The summed E-state index contributed by atoms with van der Waals surface area (Å²) in [6, 6.07) is 60.2. The molecular weight excluding hydrogens is 695 g/mol. The second-order valence-electron chi connectivity index (χ2n) is 14.7. The first-order valence-corrected chi connectivity index (χ1v) is 19.2. The van der Waals surface area contributed by atoms with E-state index in [0.29, 0.717) is 0 Å². The topological polar surface area (TPSA) is 56.0 Å². The van der Waals surface area contributed by atoms with Crippen molar-refractivity contribution in [2.24, 2.45) is 0 Å². The number of pyridine rings is 4. The van der Waals surface area contributed by atoms with Gasteiger partial charge in [-0.2, -0.15) is 0 Å². The highest BCUT2D eigenvalue weighted by molar-refractivity contribution is 6.17. The molecule has 0 fully saturated rings. The maximum atomic E-state index is 5.22. The van der Waals surface area contributed by atoms with Crippen LogP contribution in [0.3, 0.4) is 0 Å². The fourth-order valence-corrected chi connectivity index (χ4v) is 8.56. The van der Waals surface area contributed by atoms with Crippen LogP contribution in [0.25, 0.3) is 116 Å². The third-order valence-electron chi connectivity index (χ3n) is 11.4. The van der Waals surface area contributed by atoms with Crippen molar-refractivity contribution < 1.29 is 0 Å². The zero-order chi connectivity index (χ0) is 37.5. The molecule has 0 saturated carbocycles. The van der Waals surface area contributed by atoms with E-state index >= 15 is 0 Å². The van der Waals surface area contributed by atoms with E-state index in [1.54, 1.807) is 0 Å². The average Bonchev–Trinajstić information content (AvgIpc) is 3.73. The van der Waals surface area contributed by atoms with Gasteiger partial charge in [-0.05, 0) is 69.1 Å². The van der Waals surface area contributed by atoms with Gasteiger partial charge in [-0.15, -0.1) is 0 Å². The highest BCUT2D eigenvalue weighted by Crippen LogP contribution is 2.38. The number of benzene rings is 7. The number of rotatable bonds is 4. The van der Waals surface area contributed by atoms with Crippen molar-refractivity contribution in [2.75, 3.05) is 0 Å². The lowest BCUT2D eigenvalue weighted by Crippen LogP contribution is -1.93. The van der Waals surface area contributed by atoms with Crippen molar-refractivity contribution in [2.45, 2.75) is 0 Å². The quantitative estimate of drug-likeness (QED) is 0.170. The van der Waals surface area contributed by atoms with Crippen molar-refractivity contribution in [1.29, 1.82) is 0 Å². The highest BCUT2D eigenvalue weighted by Gasteiger charge is 2.16. The Kier molecular flexibility index (Phi) is 6.86. The largest absolute Gasteiger partial charge is 0.306 e. The number of para-hydroxylation sites is 1. The molecule has 0 bridgehead atoms. The molecule has 5 aromatic heterocycles. The van der Waals surface area contributed by atoms with E-state index in [9.17, 15) is 0 Å². The Morgan fingerprint density at radius 3 is 1.91 bits per heavy atom. The summed E-state index contributed by atoms with van der Waals surface area (Å²) < 4.78 is 2.13. The highest BCUT2D eigenvalue weighted by atomic mass is 15.0. The average molecular weight is 726 g/mol. The van der Waals surface area contributed by atoms with Crippen LogP contribution in [-0.4, -0.2) is 24.3 Å². The van der Waals surface area contributed by atoms with Crippen LogP contribution in [-0.2, 0) is 0 Å². The summed E-state index contributed by atoms with van der Waals surface area (Å²) >= 11 is 0. The van der Waals surface area contributed by atoms with Gasteiger partial charge in [-0.1, -0.05) is 133 Å². The Morgan fingerprint density at radius 2 is 1.07 bits per heavy atom. The summed E-state index contributed by atoms with van der Waals surface area (Å²) in [6.45, 7) is 0. The molecule has 7 aromatic carbocycles. The van der Waals surface area contributed by atoms with E-state index in [1.807, 2.05) is 18.3 Å². The van der Waals surface area contributed by atoms with Crippen LogP contribution in [0.1, 0.15) is 0 Å². The van der Waals surface area contributed by atoms with Gasteiger partial charge in [0.05, 0.1) is 33.6 Å². The summed E-state index contributed by atoms with van der Waals surface area (Å²) in [6.07, 6.45) is 6.05. The molecule has 5 heterocycles.